The Hall–Kier alpha value is -3.13. The third kappa shape index (κ3) is 5.75. The summed E-state index contributed by atoms with van der Waals surface area (Å²) in [6.07, 6.45) is 2.68. The van der Waals surface area contributed by atoms with Crippen LogP contribution in [0.5, 0.6) is 0 Å². The minimum Gasteiger partial charge on any atom is -0.478 e. The molecule has 1 aromatic carbocycles. The molecular formula is C18H20N2O6. The lowest BCUT2D eigenvalue weighted by Crippen LogP contribution is -2.21. The number of rotatable bonds is 4. The van der Waals surface area contributed by atoms with E-state index >= 15 is 0 Å². The van der Waals surface area contributed by atoms with E-state index < -0.39 is 11.9 Å². The average Bonchev–Trinajstić information content (AvgIpc) is 2.78. The monoisotopic (exact) mass is 360 g/mol. The van der Waals surface area contributed by atoms with Gasteiger partial charge < -0.3 is 20.1 Å². The lowest BCUT2D eigenvalue weighted by molar-refractivity contribution is -0.134. The molecule has 0 unspecified atom stereocenters. The van der Waals surface area contributed by atoms with Crippen LogP contribution in [0.15, 0.2) is 51.8 Å². The van der Waals surface area contributed by atoms with E-state index in [9.17, 15) is 14.4 Å². The van der Waals surface area contributed by atoms with Crippen LogP contribution >= 0.6 is 0 Å². The van der Waals surface area contributed by atoms with Crippen LogP contribution in [0.1, 0.15) is 16.9 Å². The number of nitrogens with zero attached hydrogens (tertiary/aromatic N) is 1. The van der Waals surface area contributed by atoms with Crippen LogP contribution in [-0.2, 0) is 29.0 Å². The number of carboxylic acid groups (broad SMARTS) is 2. The highest BCUT2D eigenvalue weighted by molar-refractivity contribution is 5.89. The molecule has 0 bridgehead atoms. The topological polar surface area (TPSA) is 122 Å². The molecule has 1 aliphatic rings. The molecule has 2 heterocycles. The number of fused-ring (bicyclic) bond motifs is 1. The van der Waals surface area contributed by atoms with Crippen molar-refractivity contribution in [2.24, 2.45) is 0 Å². The Labute approximate surface area is 149 Å². The van der Waals surface area contributed by atoms with Gasteiger partial charge in [0, 0.05) is 25.1 Å². The molecule has 0 saturated heterocycles. The Morgan fingerprint density at radius 2 is 1.69 bits per heavy atom. The van der Waals surface area contributed by atoms with E-state index in [1.54, 1.807) is 0 Å². The third-order valence-corrected chi connectivity index (χ3v) is 3.66. The molecule has 2 aromatic rings. The molecule has 138 valence electrons. The minimum absolute atomic E-state index is 0.0255. The maximum atomic E-state index is 12.2. The molecule has 0 spiro atoms. The molecule has 8 heteroatoms. The van der Waals surface area contributed by atoms with Gasteiger partial charge in [-0.25, -0.2) is 9.59 Å². The van der Waals surface area contributed by atoms with Crippen molar-refractivity contribution >= 4 is 11.9 Å². The zero-order valence-corrected chi connectivity index (χ0v) is 14.1. The van der Waals surface area contributed by atoms with Gasteiger partial charge in [-0.05, 0) is 18.5 Å². The number of nitrogens with one attached hydrogen (secondary N) is 1. The summed E-state index contributed by atoms with van der Waals surface area (Å²) in [6, 6.07) is 9.91. The van der Waals surface area contributed by atoms with E-state index in [-0.39, 0.29) is 5.56 Å². The van der Waals surface area contributed by atoms with Crippen LogP contribution < -0.4 is 10.9 Å². The Morgan fingerprint density at radius 1 is 1.08 bits per heavy atom. The SMILES string of the molecule is O=C(O)/C=C/C(=O)O.O=c1c2c(on1Cc1ccccc1)CCNCC2. The molecule has 26 heavy (non-hydrogen) atoms. The van der Waals surface area contributed by atoms with Crippen molar-refractivity contribution in [1.29, 1.82) is 0 Å². The summed E-state index contributed by atoms with van der Waals surface area (Å²) in [6.45, 7) is 2.25. The van der Waals surface area contributed by atoms with E-state index in [4.69, 9.17) is 14.7 Å². The summed E-state index contributed by atoms with van der Waals surface area (Å²) in [5, 5.41) is 18.9. The summed E-state index contributed by atoms with van der Waals surface area (Å²) >= 11 is 0. The molecule has 1 aromatic heterocycles. The van der Waals surface area contributed by atoms with Gasteiger partial charge >= 0.3 is 11.9 Å². The number of hydrogen-bond acceptors (Lipinski definition) is 5. The van der Waals surface area contributed by atoms with Gasteiger partial charge in [0.15, 0.2) is 0 Å². The van der Waals surface area contributed by atoms with Crippen molar-refractivity contribution in [2.45, 2.75) is 19.4 Å². The second-order valence-corrected chi connectivity index (χ2v) is 5.58. The second-order valence-electron chi connectivity index (χ2n) is 5.58. The van der Waals surface area contributed by atoms with Gasteiger partial charge in [-0.3, -0.25) is 4.79 Å². The Kier molecular flexibility index (Phi) is 6.92. The molecule has 0 amide bonds. The van der Waals surface area contributed by atoms with Gasteiger partial charge in [0.2, 0.25) is 0 Å². The fourth-order valence-electron chi connectivity index (χ4n) is 2.48. The Bertz CT molecular complexity index is 819. The number of aromatic nitrogens is 1. The highest BCUT2D eigenvalue weighted by atomic mass is 16.5. The highest BCUT2D eigenvalue weighted by Gasteiger charge is 2.18. The van der Waals surface area contributed by atoms with Crippen LogP contribution in [0.2, 0.25) is 0 Å². The standard InChI is InChI=1S/C14H16N2O2.C4H4O4/c17-14-12-6-8-15-9-7-13(12)18-16(14)10-11-4-2-1-3-5-11;5-3(6)1-2-4(7)8/h1-5,15H,6-10H2;1-2H,(H,5,6)(H,7,8)/b;2-1+. The average molecular weight is 360 g/mol. The molecule has 0 radical (unpaired) electrons. The van der Waals surface area contributed by atoms with E-state index in [1.807, 2.05) is 30.3 Å². The van der Waals surface area contributed by atoms with Crippen molar-refractivity contribution < 1.29 is 24.3 Å². The summed E-state index contributed by atoms with van der Waals surface area (Å²) < 4.78 is 7.16. The zero-order valence-electron chi connectivity index (χ0n) is 14.1. The molecule has 1 aliphatic heterocycles. The van der Waals surface area contributed by atoms with Crippen molar-refractivity contribution in [3.63, 3.8) is 0 Å². The fourth-order valence-corrected chi connectivity index (χ4v) is 2.48. The molecule has 3 N–H and O–H groups in total. The van der Waals surface area contributed by atoms with E-state index in [0.717, 1.165) is 42.8 Å². The lowest BCUT2D eigenvalue weighted by atomic mass is 10.2. The van der Waals surface area contributed by atoms with Crippen LogP contribution in [0.3, 0.4) is 0 Å². The van der Waals surface area contributed by atoms with Crippen LogP contribution in [-0.4, -0.2) is 40.0 Å². The molecule has 0 fully saturated rings. The second kappa shape index (κ2) is 9.38. The fraction of sp³-hybridized carbons (Fsp3) is 0.278. The van der Waals surface area contributed by atoms with Gasteiger partial charge in [0.05, 0.1) is 12.1 Å². The zero-order chi connectivity index (χ0) is 18.9. The third-order valence-electron chi connectivity index (χ3n) is 3.66. The molecule has 3 rings (SSSR count). The van der Waals surface area contributed by atoms with E-state index in [1.165, 1.54) is 4.74 Å². The van der Waals surface area contributed by atoms with Gasteiger partial charge in [-0.1, -0.05) is 30.3 Å². The number of benzene rings is 1. The number of hydrogen-bond donors (Lipinski definition) is 3. The first-order valence-electron chi connectivity index (χ1n) is 8.08. The molecule has 0 aliphatic carbocycles. The van der Waals surface area contributed by atoms with Crippen molar-refractivity contribution in [2.75, 3.05) is 13.1 Å². The Balaban J connectivity index is 0.000000260. The summed E-state index contributed by atoms with van der Waals surface area (Å²) in [4.78, 5) is 31.3. The van der Waals surface area contributed by atoms with E-state index in [2.05, 4.69) is 5.32 Å². The molecule has 0 saturated carbocycles. The van der Waals surface area contributed by atoms with Crippen LogP contribution in [0, 0.1) is 0 Å². The highest BCUT2D eigenvalue weighted by Crippen LogP contribution is 2.11. The predicted molar refractivity (Wildman–Crippen MR) is 93.2 cm³/mol. The number of carboxylic acids is 2. The van der Waals surface area contributed by atoms with Crippen molar-refractivity contribution in [3.05, 3.63) is 69.7 Å². The lowest BCUT2D eigenvalue weighted by Gasteiger charge is -2.01. The van der Waals surface area contributed by atoms with E-state index in [0.29, 0.717) is 18.7 Å². The smallest absolute Gasteiger partial charge is 0.328 e. The van der Waals surface area contributed by atoms with Crippen LogP contribution in [0.25, 0.3) is 0 Å². The van der Waals surface area contributed by atoms with Crippen LogP contribution in [0.4, 0.5) is 0 Å². The first-order chi connectivity index (χ1) is 12.5. The Morgan fingerprint density at radius 3 is 2.31 bits per heavy atom. The van der Waals surface area contributed by atoms with Gasteiger partial charge in [0.1, 0.15) is 5.76 Å². The predicted octanol–water partition coefficient (Wildman–Crippen LogP) is 0.890. The molecular weight excluding hydrogens is 340 g/mol. The summed E-state index contributed by atoms with van der Waals surface area (Å²) in [5.74, 6) is -1.67. The number of aliphatic carboxylic acids is 2. The first kappa shape index (κ1) is 19.2. The molecule has 8 nitrogen and oxygen atoms in total. The maximum absolute atomic E-state index is 12.2. The summed E-state index contributed by atoms with van der Waals surface area (Å²) in [5.41, 5.74) is 1.95. The number of carbonyl (C=O) groups is 2. The maximum Gasteiger partial charge on any atom is 0.328 e. The minimum atomic E-state index is -1.26. The van der Waals surface area contributed by atoms with Gasteiger partial charge in [0.25, 0.3) is 5.56 Å². The first-order valence-corrected chi connectivity index (χ1v) is 8.08. The van der Waals surface area contributed by atoms with Crippen molar-refractivity contribution in [1.82, 2.24) is 10.1 Å². The van der Waals surface area contributed by atoms with Gasteiger partial charge in [-0.15, -0.1) is 0 Å². The van der Waals surface area contributed by atoms with Crippen molar-refractivity contribution in [3.8, 4) is 0 Å². The largest absolute Gasteiger partial charge is 0.478 e. The molecule has 0 atom stereocenters. The quantitative estimate of drug-likeness (QED) is 0.692. The summed E-state index contributed by atoms with van der Waals surface area (Å²) in [7, 11) is 0. The normalized spacial score (nSPS) is 13.4. The van der Waals surface area contributed by atoms with Gasteiger partial charge in [-0.2, -0.15) is 4.74 Å².